The van der Waals surface area contributed by atoms with Crippen LogP contribution >= 0.6 is 0 Å². The minimum Gasteiger partial charge on any atom is -0.378 e. The number of carbonyl (C=O) groups is 1. The third kappa shape index (κ3) is 19.8. The van der Waals surface area contributed by atoms with Crippen molar-refractivity contribution in [3.63, 3.8) is 0 Å². The summed E-state index contributed by atoms with van der Waals surface area (Å²) in [5.74, 6) is -0.155. The molecular formula is C26H53FN4O6. The number of hydrogen-bond donors (Lipinski definition) is 2. The lowest BCUT2D eigenvalue weighted by Crippen LogP contribution is -2.48. The van der Waals surface area contributed by atoms with Gasteiger partial charge in [0, 0.05) is 51.7 Å². The van der Waals surface area contributed by atoms with Gasteiger partial charge in [-0.15, -0.1) is 0 Å². The van der Waals surface area contributed by atoms with Crippen molar-refractivity contribution in [1.82, 2.24) is 20.4 Å². The van der Waals surface area contributed by atoms with Crippen molar-refractivity contribution >= 4 is 5.91 Å². The summed E-state index contributed by atoms with van der Waals surface area (Å²) in [5.41, 5.74) is 0. The second kappa shape index (κ2) is 24.1. The molecule has 0 bridgehead atoms. The number of nitrogens with zero attached hydrogens (tertiary/aromatic N) is 2. The van der Waals surface area contributed by atoms with Gasteiger partial charge in [-0.1, -0.05) is 20.3 Å². The van der Waals surface area contributed by atoms with Crippen LogP contribution in [0.2, 0.25) is 0 Å². The largest absolute Gasteiger partial charge is 0.378 e. The summed E-state index contributed by atoms with van der Waals surface area (Å²) in [6.07, 6.45) is 0.590. The molecule has 1 aliphatic heterocycles. The van der Waals surface area contributed by atoms with E-state index in [4.69, 9.17) is 23.7 Å². The first-order chi connectivity index (χ1) is 18.1. The smallest absolute Gasteiger partial charge is 0.222 e. The van der Waals surface area contributed by atoms with Crippen LogP contribution in [0.3, 0.4) is 0 Å². The number of amides is 1. The zero-order chi connectivity index (χ0) is 27.0. The van der Waals surface area contributed by atoms with E-state index in [1.54, 1.807) is 0 Å². The van der Waals surface area contributed by atoms with Crippen molar-refractivity contribution in [3.05, 3.63) is 0 Å². The van der Waals surface area contributed by atoms with Gasteiger partial charge in [-0.25, -0.2) is 4.39 Å². The molecule has 0 aromatic carbocycles. The zero-order valence-electron chi connectivity index (χ0n) is 23.5. The second-order valence-corrected chi connectivity index (χ2v) is 9.34. The molecular weight excluding hydrogens is 483 g/mol. The molecule has 1 fully saturated rings. The fraction of sp³-hybridized carbons (Fsp3) is 0.962. The molecule has 0 saturated carbocycles. The Morgan fingerprint density at radius 2 is 1.30 bits per heavy atom. The standard InChI is InChI=1S/C26H53FN4O6/c1-4-5-24(2)26(32)29-22-25(27)23-37-15-12-31-9-7-30(8-10-31)11-14-34-17-19-36-21-20-35-18-16-33-13-6-28-3/h24-25,28H,4-23H2,1-3H3,(H,29,32). The first-order valence-corrected chi connectivity index (χ1v) is 14.0. The highest BCUT2D eigenvalue weighted by Crippen LogP contribution is 2.05. The second-order valence-electron chi connectivity index (χ2n) is 9.34. The first-order valence-electron chi connectivity index (χ1n) is 14.0. The van der Waals surface area contributed by atoms with Crippen LogP contribution in [-0.2, 0) is 28.5 Å². The molecule has 1 heterocycles. The number of rotatable bonds is 25. The Morgan fingerprint density at radius 1 is 0.811 bits per heavy atom. The Kier molecular flexibility index (Phi) is 22.3. The molecule has 2 unspecified atom stereocenters. The van der Waals surface area contributed by atoms with Crippen molar-refractivity contribution in [1.29, 1.82) is 0 Å². The minimum absolute atomic E-state index is 0.0155. The van der Waals surface area contributed by atoms with Crippen LogP contribution in [-0.4, -0.2) is 147 Å². The van der Waals surface area contributed by atoms with Gasteiger partial charge < -0.3 is 34.3 Å². The molecule has 2 atom stereocenters. The number of hydrogen-bond acceptors (Lipinski definition) is 9. The summed E-state index contributed by atoms with van der Waals surface area (Å²) in [6.45, 7) is 15.8. The van der Waals surface area contributed by atoms with E-state index in [0.717, 1.165) is 58.7 Å². The van der Waals surface area contributed by atoms with Crippen LogP contribution in [0.1, 0.15) is 26.7 Å². The number of alkyl halides is 1. The summed E-state index contributed by atoms with van der Waals surface area (Å²) in [5, 5.41) is 5.70. The van der Waals surface area contributed by atoms with E-state index in [-0.39, 0.29) is 25.0 Å². The Bertz CT molecular complexity index is 529. The molecule has 10 nitrogen and oxygen atoms in total. The number of halogens is 1. The average molecular weight is 537 g/mol. The molecule has 1 aliphatic rings. The molecule has 0 radical (unpaired) electrons. The van der Waals surface area contributed by atoms with Crippen molar-refractivity contribution in [2.24, 2.45) is 5.92 Å². The lowest BCUT2D eigenvalue weighted by molar-refractivity contribution is -0.125. The number of nitrogens with one attached hydrogen (secondary N) is 2. The van der Waals surface area contributed by atoms with E-state index >= 15 is 0 Å². The minimum atomic E-state index is -1.17. The van der Waals surface area contributed by atoms with Gasteiger partial charge in [0.25, 0.3) is 0 Å². The Morgan fingerprint density at radius 3 is 1.81 bits per heavy atom. The SMILES string of the molecule is CCCC(C)C(=O)NCC(F)COCCN1CCN(CCOCCOCCOCCOCCNC)CC1. The maximum Gasteiger partial charge on any atom is 0.222 e. The molecule has 0 aliphatic carbocycles. The van der Waals surface area contributed by atoms with Crippen molar-refractivity contribution in [3.8, 4) is 0 Å². The van der Waals surface area contributed by atoms with Crippen LogP contribution in [0.5, 0.6) is 0 Å². The van der Waals surface area contributed by atoms with Gasteiger partial charge in [-0.05, 0) is 13.5 Å². The molecule has 11 heteroatoms. The fourth-order valence-corrected chi connectivity index (χ4v) is 3.78. The average Bonchev–Trinajstić information content (AvgIpc) is 2.90. The molecule has 2 N–H and O–H groups in total. The normalized spacial score (nSPS) is 16.6. The van der Waals surface area contributed by atoms with Gasteiger partial charge >= 0.3 is 0 Å². The summed E-state index contributed by atoms with van der Waals surface area (Å²) < 4.78 is 41.5. The maximum absolute atomic E-state index is 14.0. The third-order valence-corrected chi connectivity index (χ3v) is 6.15. The van der Waals surface area contributed by atoms with Crippen LogP contribution in [0, 0.1) is 5.92 Å². The lowest BCUT2D eigenvalue weighted by atomic mass is 10.1. The third-order valence-electron chi connectivity index (χ3n) is 6.15. The first kappa shape index (κ1) is 34.1. The highest BCUT2D eigenvalue weighted by Gasteiger charge is 2.17. The van der Waals surface area contributed by atoms with Gasteiger partial charge in [-0.2, -0.15) is 0 Å². The molecule has 1 saturated heterocycles. The summed E-state index contributed by atoms with van der Waals surface area (Å²) in [7, 11) is 1.90. The number of piperazine rings is 1. The number of ether oxygens (including phenoxy) is 5. The number of likely N-dealkylation sites (N-methyl/N-ethyl adjacent to an activating group) is 1. The van der Waals surface area contributed by atoms with Crippen molar-refractivity contribution in [2.45, 2.75) is 32.9 Å². The van der Waals surface area contributed by atoms with Crippen LogP contribution < -0.4 is 10.6 Å². The molecule has 0 spiro atoms. The molecule has 220 valence electrons. The van der Waals surface area contributed by atoms with Crippen LogP contribution in [0.25, 0.3) is 0 Å². The van der Waals surface area contributed by atoms with Gasteiger partial charge in [0.05, 0.1) is 72.6 Å². The van der Waals surface area contributed by atoms with E-state index < -0.39 is 6.17 Å². The van der Waals surface area contributed by atoms with Gasteiger partial charge in [0.1, 0.15) is 6.17 Å². The summed E-state index contributed by atoms with van der Waals surface area (Å²) in [6, 6.07) is 0. The molecule has 0 aromatic rings. The Balaban J connectivity index is 1.87. The predicted octanol–water partition coefficient (Wildman–Crippen LogP) is 0.797. The summed E-state index contributed by atoms with van der Waals surface area (Å²) in [4.78, 5) is 16.6. The zero-order valence-corrected chi connectivity index (χ0v) is 23.5. The quantitative estimate of drug-likeness (QED) is 0.164. The highest BCUT2D eigenvalue weighted by molar-refractivity contribution is 5.78. The van der Waals surface area contributed by atoms with Gasteiger partial charge in [0.2, 0.25) is 5.91 Å². The van der Waals surface area contributed by atoms with Gasteiger partial charge in [-0.3, -0.25) is 14.6 Å². The topological polar surface area (TPSA) is 93.8 Å². The van der Waals surface area contributed by atoms with Crippen LogP contribution in [0.4, 0.5) is 4.39 Å². The van der Waals surface area contributed by atoms with E-state index in [0.29, 0.717) is 59.5 Å². The molecule has 0 aromatic heterocycles. The van der Waals surface area contributed by atoms with E-state index in [9.17, 15) is 9.18 Å². The number of carbonyl (C=O) groups excluding carboxylic acids is 1. The van der Waals surface area contributed by atoms with E-state index in [1.807, 2.05) is 20.9 Å². The Labute approximate surface area is 223 Å². The molecule has 1 amide bonds. The van der Waals surface area contributed by atoms with Crippen LogP contribution in [0.15, 0.2) is 0 Å². The van der Waals surface area contributed by atoms with E-state index in [2.05, 4.69) is 20.4 Å². The fourth-order valence-electron chi connectivity index (χ4n) is 3.78. The highest BCUT2D eigenvalue weighted by atomic mass is 19.1. The predicted molar refractivity (Wildman–Crippen MR) is 143 cm³/mol. The van der Waals surface area contributed by atoms with Crippen molar-refractivity contribution < 1.29 is 32.9 Å². The molecule has 1 rings (SSSR count). The maximum atomic E-state index is 14.0. The lowest BCUT2D eigenvalue weighted by Gasteiger charge is -2.34. The Hall–Kier alpha value is -0.920. The monoisotopic (exact) mass is 536 g/mol. The van der Waals surface area contributed by atoms with E-state index in [1.165, 1.54) is 0 Å². The van der Waals surface area contributed by atoms with Crippen molar-refractivity contribution in [2.75, 3.05) is 125 Å². The summed E-state index contributed by atoms with van der Waals surface area (Å²) >= 11 is 0. The molecule has 37 heavy (non-hydrogen) atoms. The van der Waals surface area contributed by atoms with Gasteiger partial charge in [0.15, 0.2) is 0 Å².